The number of nitrogens with zero attached hydrogens (tertiary/aromatic N) is 5. The van der Waals surface area contributed by atoms with Gasteiger partial charge in [0, 0.05) is 13.2 Å². The molecule has 0 radical (unpaired) electrons. The van der Waals surface area contributed by atoms with Crippen molar-refractivity contribution in [2.45, 2.75) is 13.1 Å². The molecule has 1 amide bonds. The second kappa shape index (κ2) is 5.29. The number of hydrogen-bond donors (Lipinski definition) is 1. The van der Waals surface area contributed by atoms with Gasteiger partial charge >= 0.3 is 5.82 Å². The molecule has 0 aromatic carbocycles. The smallest absolute Gasteiger partial charge is 0.358 e. The van der Waals surface area contributed by atoms with Gasteiger partial charge in [-0.1, -0.05) is 0 Å². The molecule has 0 aliphatic rings. The largest absolute Gasteiger partial charge is 0.389 e. The maximum atomic E-state index is 11.6. The Bertz CT molecular complexity index is 602. The molecule has 2 rings (SSSR count). The Morgan fingerprint density at radius 3 is 2.79 bits per heavy atom. The van der Waals surface area contributed by atoms with Crippen LogP contribution in [0.5, 0.6) is 0 Å². The summed E-state index contributed by atoms with van der Waals surface area (Å²) < 4.78 is 2.85. The van der Waals surface area contributed by atoms with Crippen LogP contribution in [0.15, 0.2) is 24.5 Å². The highest BCUT2D eigenvalue weighted by Crippen LogP contribution is 2.04. The monoisotopic (exact) mass is 264 g/mol. The van der Waals surface area contributed by atoms with Gasteiger partial charge in [-0.05, 0) is 11.0 Å². The van der Waals surface area contributed by atoms with Crippen LogP contribution in [-0.2, 0) is 24.9 Å². The Kier molecular flexibility index (Phi) is 3.55. The third-order valence-electron chi connectivity index (χ3n) is 2.35. The third-order valence-corrected chi connectivity index (χ3v) is 2.35. The first kappa shape index (κ1) is 12.7. The van der Waals surface area contributed by atoms with Crippen LogP contribution >= 0.6 is 0 Å². The molecule has 2 aromatic heterocycles. The van der Waals surface area contributed by atoms with E-state index in [2.05, 4.69) is 15.5 Å². The minimum atomic E-state index is -0.609. The van der Waals surface area contributed by atoms with Crippen molar-refractivity contribution < 1.29 is 9.72 Å². The number of rotatable bonds is 5. The van der Waals surface area contributed by atoms with Crippen molar-refractivity contribution in [3.05, 3.63) is 40.3 Å². The van der Waals surface area contributed by atoms with E-state index in [9.17, 15) is 14.9 Å². The zero-order chi connectivity index (χ0) is 13.8. The van der Waals surface area contributed by atoms with Crippen LogP contribution in [0, 0.1) is 10.1 Å². The molecule has 0 aliphatic heterocycles. The first-order chi connectivity index (χ1) is 9.04. The summed E-state index contributed by atoms with van der Waals surface area (Å²) in [6.07, 6.45) is 3.16. The Morgan fingerprint density at radius 1 is 1.42 bits per heavy atom. The summed E-state index contributed by atoms with van der Waals surface area (Å²) in [7, 11) is 1.79. The summed E-state index contributed by atoms with van der Waals surface area (Å²) >= 11 is 0. The summed E-state index contributed by atoms with van der Waals surface area (Å²) in [6.45, 7) is 0.240. The van der Waals surface area contributed by atoms with E-state index in [1.54, 1.807) is 24.0 Å². The summed E-state index contributed by atoms with van der Waals surface area (Å²) in [5.41, 5.74) is 0.738. The Balaban J connectivity index is 1.85. The third kappa shape index (κ3) is 3.37. The minimum absolute atomic E-state index is 0.0688. The molecule has 0 spiro atoms. The number of nitro groups is 1. The average molecular weight is 264 g/mol. The van der Waals surface area contributed by atoms with Gasteiger partial charge in [-0.2, -0.15) is 9.78 Å². The first-order valence-corrected chi connectivity index (χ1v) is 5.47. The summed E-state index contributed by atoms with van der Waals surface area (Å²) in [5, 5.41) is 20.8. The van der Waals surface area contributed by atoms with Gasteiger partial charge in [-0.3, -0.25) is 9.48 Å². The lowest BCUT2D eigenvalue weighted by Gasteiger charge is -2.01. The van der Waals surface area contributed by atoms with Crippen molar-refractivity contribution in [2.75, 3.05) is 0 Å². The van der Waals surface area contributed by atoms with Crippen molar-refractivity contribution in [2.24, 2.45) is 7.05 Å². The van der Waals surface area contributed by atoms with Gasteiger partial charge in [-0.15, -0.1) is 0 Å². The van der Waals surface area contributed by atoms with E-state index in [1.165, 1.54) is 16.9 Å². The minimum Gasteiger partial charge on any atom is -0.358 e. The van der Waals surface area contributed by atoms with Crippen LogP contribution in [0.2, 0.25) is 0 Å². The first-order valence-electron chi connectivity index (χ1n) is 5.47. The molecule has 9 heteroatoms. The standard InChI is InChI=1S/C10H12N6O3/c1-14-4-2-8(12-14)6-11-10(17)7-15-5-3-9(13-15)16(18)19/h2-5H,6-7H2,1H3,(H,11,17). The van der Waals surface area contributed by atoms with Crippen LogP contribution in [0.3, 0.4) is 0 Å². The van der Waals surface area contributed by atoms with E-state index in [0.717, 1.165) is 5.69 Å². The number of aromatic nitrogens is 4. The number of nitrogens with one attached hydrogen (secondary N) is 1. The highest BCUT2D eigenvalue weighted by atomic mass is 16.6. The van der Waals surface area contributed by atoms with Crippen molar-refractivity contribution in [1.29, 1.82) is 0 Å². The second-order valence-corrected chi connectivity index (χ2v) is 3.89. The quantitative estimate of drug-likeness (QED) is 0.596. The predicted molar refractivity (Wildman–Crippen MR) is 63.9 cm³/mol. The molecular formula is C10H12N6O3. The molecule has 2 heterocycles. The number of hydrogen-bond acceptors (Lipinski definition) is 5. The maximum Gasteiger partial charge on any atom is 0.389 e. The fraction of sp³-hybridized carbons (Fsp3) is 0.300. The Hall–Kier alpha value is -2.71. The van der Waals surface area contributed by atoms with Crippen molar-refractivity contribution >= 4 is 11.7 Å². The maximum absolute atomic E-state index is 11.6. The van der Waals surface area contributed by atoms with Crippen molar-refractivity contribution in [3.63, 3.8) is 0 Å². The lowest BCUT2D eigenvalue weighted by Crippen LogP contribution is -2.27. The van der Waals surface area contributed by atoms with Gasteiger partial charge in [-0.25, -0.2) is 0 Å². The molecule has 9 nitrogen and oxygen atoms in total. The molecule has 19 heavy (non-hydrogen) atoms. The molecule has 0 atom stereocenters. The fourth-order valence-electron chi connectivity index (χ4n) is 1.49. The molecule has 0 saturated heterocycles. The number of amides is 1. The van der Waals surface area contributed by atoms with Crippen LogP contribution in [0.25, 0.3) is 0 Å². The van der Waals surface area contributed by atoms with E-state index in [4.69, 9.17) is 0 Å². The van der Waals surface area contributed by atoms with Gasteiger partial charge in [0.25, 0.3) is 0 Å². The topological polar surface area (TPSA) is 108 Å². The van der Waals surface area contributed by atoms with E-state index in [-0.39, 0.29) is 18.3 Å². The Morgan fingerprint density at radius 2 is 2.21 bits per heavy atom. The molecule has 0 saturated carbocycles. The van der Waals surface area contributed by atoms with E-state index in [0.29, 0.717) is 6.54 Å². The van der Waals surface area contributed by atoms with Gasteiger partial charge in [0.2, 0.25) is 5.91 Å². The van der Waals surface area contributed by atoms with E-state index >= 15 is 0 Å². The number of carbonyl (C=O) groups excluding carboxylic acids is 1. The van der Waals surface area contributed by atoms with Crippen LogP contribution in [0.1, 0.15) is 5.69 Å². The SMILES string of the molecule is Cn1ccc(CNC(=O)Cn2ccc([N+](=O)[O-])n2)n1. The van der Waals surface area contributed by atoms with Crippen LogP contribution in [-0.4, -0.2) is 30.4 Å². The number of carbonyl (C=O) groups is 1. The van der Waals surface area contributed by atoms with Crippen molar-refractivity contribution in [1.82, 2.24) is 24.9 Å². The Labute approximate surface area is 108 Å². The van der Waals surface area contributed by atoms with Gasteiger partial charge in [0.1, 0.15) is 6.54 Å². The van der Waals surface area contributed by atoms with Crippen LogP contribution < -0.4 is 5.32 Å². The van der Waals surface area contributed by atoms with Gasteiger partial charge in [0.15, 0.2) is 0 Å². The zero-order valence-electron chi connectivity index (χ0n) is 10.2. The molecule has 0 fully saturated rings. The molecule has 0 aliphatic carbocycles. The molecule has 2 aromatic rings. The van der Waals surface area contributed by atoms with E-state index in [1.807, 2.05) is 0 Å². The lowest BCUT2D eigenvalue weighted by molar-refractivity contribution is -0.389. The summed E-state index contributed by atoms with van der Waals surface area (Å²) in [5.74, 6) is -0.568. The fourth-order valence-corrected chi connectivity index (χ4v) is 1.49. The molecule has 0 bridgehead atoms. The lowest BCUT2D eigenvalue weighted by atomic mass is 10.4. The van der Waals surface area contributed by atoms with Crippen molar-refractivity contribution in [3.8, 4) is 0 Å². The highest BCUT2D eigenvalue weighted by Gasteiger charge is 2.13. The van der Waals surface area contributed by atoms with E-state index < -0.39 is 4.92 Å². The van der Waals surface area contributed by atoms with Gasteiger partial charge < -0.3 is 15.4 Å². The molecular weight excluding hydrogens is 252 g/mol. The van der Waals surface area contributed by atoms with Gasteiger partial charge in [0.05, 0.1) is 29.6 Å². The number of aryl methyl sites for hydroxylation is 1. The highest BCUT2D eigenvalue weighted by molar-refractivity contribution is 5.75. The molecule has 1 N–H and O–H groups in total. The molecule has 100 valence electrons. The van der Waals surface area contributed by atoms with Crippen LogP contribution in [0.4, 0.5) is 5.82 Å². The normalized spacial score (nSPS) is 10.4. The second-order valence-electron chi connectivity index (χ2n) is 3.89. The summed E-state index contributed by atoms with van der Waals surface area (Å²) in [4.78, 5) is 21.4. The average Bonchev–Trinajstić information content (AvgIpc) is 2.96. The molecule has 0 unspecified atom stereocenters. The summed E-state index contributed by atoms with van der Waals surface area (Å²) in [6, 6.07) is 3.03. The predicted octanol–water partition coefficient (Wildman–Crippen LogP) is -0.159. The zero-order valence-corrected chi connectivity index (χ0v) is 10.2.